The van der Waals surface area contributed by atoms with Crippen LogP contribution >= 0.6 is 0 Å². The molecule has 0 unspecified atom stereocenters. The minimum atomic E-state index is 0.193. The van der Waals surface area contributed by atoms with Gasteiger partial charge in [-0.1, -0.05) is 115 Å². The predicted molar refractivity (Wildman–Crippen MR) is 164 cm³/mol. The monoisotopic (exact) mass is 491 g/mol. The van der Waals surface area contributed by atoms with E-state index >= 15 is 0 Å². The number of nitrogens with zero attached hydrogens (tertiary/aromatic N) is 1. The second-order valence-corrected chi connectivity index (χ2v) is 11.2. The van der Waals surface area contributed by atoms with Gasteiger partial charge in [0, 0.05) is 38.9 Å². The highest BCUT2D eigenvalue weighted by atomic mass is 14.9. The molecule has 2 heteroatoms. The van der Waals surface area contributed by atoms with Gasteiger partial charge in [0.15, 0.2) is 0 Å². The lowest BCUT2D eigenvalue weighted by Crippen LogP contribution is -2.53. The molecule has 0 N–H and O–H groups in total. The highest BCUT2D eigenvalue weighted by molar-refractivity contribution is 6.88. The topological polar surface area (TPSA) is 4.93 Å². The molecule has 6 aromatic carbocycles. The third kappa shape index (κ3) is 2.35. The Balaban J connectivity index is 1.38. The van der Waals surface area contributed by atoms with E-state index in [1.807, 2.05) is 0 Å². The number of hydrogen-bond donors (Lipinski definition) is 0. The van der Waals surface area contributed by atoms with Crippen LogP contribution in [0.2, 0.25) is 0 Å². The highest BCUT2D eigenvalue weighted by Gasteiger charge is 2.40. The molecular formula is C37H22BN. The zero-order valence-electron chi connectivity index (χ0n) is 21.2. The van der Waals surface area contributed by atoms with Gasteiger partial charge in [0.2, 0.25) is 0 Å². The number of hydrogen-bond acceptors (Lipinski definition) is 0. The molecular weight excluding hydrogens is 469 g/mol. The van der Waals surface area contributed by atoms with Crippen LogP contribution in [0.1, 0.15) is 22.6 Å². The predicted octanol–water partition coefficient (Wildman–Crippen LogP) is 7.57. The number of benzene rings is 6. The maximum absolute atomic E-state index is 2.65. The van der Waals surface area contributed by atoms with E-state index in [0.29, 0.717) is 0 Å². The molecule has 7 aromatic rings. The fourth-order valence-electron chi connectivity index (χ4n) is 8.02. The van der Waals surface area contributed by atoms with Gasteiger partial charge < -0.3 is 4.48 Å². The standard InChI is InChI=1S/C37H22BN/c1-3-14-27-23(10-1)24-11-2-4-15-28(24)35(27)22-20-31-26-13-6-8-19-34(26)38-33-18-7-5-12-25(33)29-16-9-17-30-32(21-22)37(31)39(38)36(29)30/h1-21,35H. The molecule has 1 nitrogen and oxygen atoms in total. The van der Waals surface area contributed by atoms with E-state index in [-0.39, 0.29) is 12.8 Å². The van der Waals surface area contributed by atoms with E-state index in [1.165, 1.54) is 82.8 Å². The molecule has 0 saturated carbocycles. The molecule has 0 amide bonds. The smallest absolute Gasteiger partial charge is 0.329 e. The molecule has 0 radical (unpaired) electrons. The molecule has 10 rings (SSSR count). The van der Waals surface area contributed by atoms with Crippen molar-refractivity contribution in [2.75, 3.05) is 0 Å². The Morgan fingerprint density at radius 3 is 1.67 bits per heavy atom. The van der Waals surface area contributed by atoms with E-state index in [4.69, 9.17) is 0 Å². The number of para-hydroxylation sites is 1. The molecule has 1 aromatic heterocycles. The molecule has 1 aliphatic carbocycles. The van der Waals surface area contributed by atoms with Crippen LogP contribution < -0.4 is 10.9 Å². The molecule has 0 fully saturated rings. The Morgan fingerprint density at radius 2 is 0.974 bits per heavy atom. The van der Waals surface area contributed by atoms with Gasteiger partial charge in [-0.05, 0) is 62.0 Å². The van der Waals surface area contributed by atoms with Gasteiger partial charge in [-0.25, -0.2) is 0 Å². The Kier molecular flexibility index (Phi) is 3.61. The average molecular weight is 491 g/mol. The van der Waals surface area contributed by atoms with Gasteiger partial charge in [-0.2, -0.15) is 0 Å². The molecule has 3 heterocycles. The van der Waals surface area contributed by atoms with E-state index in [9.17, 15) is 0 Å². The summed E-state index contributed by atoms with van der Waals surface area (Å²) in [6.07, 6.45) is 0. The third-order valence-electron chi connectivity index (χ3n) is 9.46. The van der Waals surface area contributed by atoms with Gasteiger partial charge >= 0.3 is 6.85 Å². The minimum Gasteiger partial charge on any atom is -0.375 e. The molecule has 3 aliphatic rings. The summed E-state index contributed by atoms with van der Waals surface area (Å²) in [5.41, 5.74) is 17.9. The first kappa shape index (κ1) is 20.2. The molecule has 178 valence electrons. The van der Waals surface area contributed by atoms with Crippen LogP contribution in [0.25, 0.3) is 55.2 Å². The van der Waals surface area contributed by atoms with Crippen LogP contribution in [0.15, 0.2) is 127 Å². The molecule has 0 bridgehead atoms. The molecule has 0 atom stereocenters. The van der Waals surface area contributed by atoms with E-state index in [0.717, 1.165) is 0 Å². The summed E-state index contributed by atoms with van der Waals surface area (Å²) in [5, 5.41) is 2.73. The van der Waals surface area contributed by atoms with Crippen LogP contribution in [0.5, 0.6) is 0 Å². The maximum Gasteiger partial charge on any atom is 0.329 e. The van der Waals surface area contributed by atoms with Crippen molar-refractivity contribution >= 4 is 39.6 Å². The van der Waals surface area contributed by atoms with E-state index in [1.54, 1.807) is 0 Å². The van der Waals surface area contributed by atoms with Crippen molar-refractivity contribution in [3.05, 3.63) is 144 Å². The van der Waals surface area contributed by atoms with Gasteiger partial charge in [0.05, 0.1) is 0 Å². The van der Waals surface area contributed by atoms with Gasteiger partial charge in [0.25, 0.3) is 0 Å². The van der Waals surface area contributed by atoms with Crippen molar-refractivity contribution in [3.8, 4) is 33.4 Å². The summed E-state index contributed by atoms with van der Waals surface area (Å²) in [6, 6.07) is 48.0. The van der Waals surface area contributed by atoms with Crippen molar-refractivity contribution in [2.45, 2.75) is 5.92 Å². The zero-order chi connectivity index (χ0) is 25.2. The van der Waals surface area contributed by atoms with Gasteiger partial charge in [0.1, 0.15) is 0 Å². The van der Waals surface area contributed by atoms with Crippen LogP contribution in [0.3, 0.4) is 0 Å². The third-order valence-corrected chi connectivity index (χ3v) is 9.46. The van der Waals surface area contributed by atoms with Crippen LogP contribution in [0.4, 0.5) is 0 Å². The Bertz CT molecular complexity index is 2150. The maximum atomic E-state index is 2.65. The van der Waals surface area contributed by atoms with Gasteiger partial charge in [-0.15, -0.1) is 0 Å². The lowest BCUT2D eigenvalue weighted by Gasteiger charge is -2.32. The fourth-order valence-corrected chi connectivity index (χ4v) is 8.02. The number of rotatable bonds is 1. The van der Waals surface area contributed by atoms with Crippen molar-refractivity contribution < 1.29 is 0 Å². The molecule has 2 aliphatic heterocycles. The lowest BCUT2D eigenvalue weighted by molar-refractivity contribution is 1.02. The fraction of sp³-hybridized carbons (Fsp3) is 0.0270. The zero-order valence-corrected chi connectivity index (χ0v) is 21.2. The molecule has 0 saturated heterocycles. The minimum absolute atomic E-state index is 0.193. The number of aromatic nitrogens is 1. The molecule has 39 heavy (non-hydrogen) atoms. The quantitative estimate of drug-likeness (QED) is 0.209. The Hall–Kier alpha value is -4.82. The van der Waals surface area contributed by atoms with Crippen LogP contribution in [-0.4, -0.2) is 11.3 Å². The summed E-state index contributed by atoms with van der Waals surface area (Å²) in [7, 11) is 0. The first-order chi connectivity index (χ1) is 19.4. The van der Waals surface area contributed by atoms with E-state index in [2.05, 4.69) is 132 Å². The summed E-state index contributed by atoms with van der Waals surface area (Å²) < 4.78 is 2.65. The highest BCUT2D eigenvalue weighted by Crippen LogP contribution is 2.51. The van der Waals surface area contributed by atoms with Crippen LogP contribution in [0, 0.1) is 0 Å². The van der Waals surface area contributed by atoms with Crippen molar-refractivity contribution in [3.63, 3.8) is 0 Å². The lowest BCUT2D eigenvalue weighted by atomic mass is 9.45. The summed E-state index contributed by atoms with van der Waals surface area (Å²) in [6.45, 7) is 0.193. The Labute approximate surface area is 227 Å². The second kappa shape index (κ2) is 6.98. The largest absolute Gasteiger partial charge is 0.375 e. The van der Waals surface area contributed by atoms with Crippen LogP contribution in [-0.2, 0) is 0 Å². The SMILES string of the molecule is c1ccc2c(c1)B1c3ccccc3-c3cc(C4c5ccccc5-c5ccccc54)cc4c5cccc-2c5n1c34. The van der Waals surface area contributed by atoms with Crippen molar-refractivity contribution in [1.82, 2.24) is 4.48 Å². The summed E-state index contributed by atoms with van der Waals surface area (Å²) >= 11 is 0. The average Bonchev–Trinajstić information content (AvgIpc) is 3.52. The second-order valence-electron chi connectivity index (χ2n) is 11.2. The number of fused-ring (bicyclic) bond motifs is 10. The first-order valence-electron chi connectivity index (χ1n) is 13.9. The van der Waals surface area contributed by atoms with E-state index < -0.39 is 0 Å². The molecule has 0 spiro atoms. The Morgan fingerprint density at radius 1 is 0.436 bits per heavy atom. The normalized spacial score (nSPS) is 14.0. The summed E-state index contributed by atoms with van der Waals surface area (Å²) in [4.78, 5) is 0. The van der Waals surface area contributed by atoms with Gasteiger partial charge in [-0.3, -0.25) is 0 Å². The van der Waals surface area contributed by atoms with Crippen molar-refractivity contribution in [1.29, 1.82) is 0 Å². The van der Waals surface area contributed by atoms with Crippen molar-refractivity contribution in [2.24, 2.45) is 0 Å². The summed E-state index contributed by atoms with van der Waals surface area (Å²) in [5.74, 6) is 0.229. The first-order valence-corrected chi connectivity index (χ1v) is 13.9.